The molecule has 0 amide bonds. The average molecular weight is 294 g/mol. The summed E-state index contributed by atoms with van der Waals surface area (Å²) in [5, 5.41) is 9.80. The molecule has 2 nitrogen and oxygen atoms in total. The summed E-state index contributed by atoms with van der Waals surface area (Å²) in [6.07, 6.45) is 1.08. The summed E-state index contributed by atoms with van der Waals surface area (Å²) in [6, 6.07) is 18.3. The van der Waals surface area contributed by atoms with E-state index in [1.807, 2.05) is 0 Å². The van der Waals surface area contributed by atoms with Gasteiger partial charge in [0.05, 0.1) is 13.2 Å². The van der Waals surface area contributed by atoms with Crippen LogP contribution < -0.4 is 0 Å². The topological polar surface area (TPSA) is 20.2 Å². The Labute approximate surface area is 132 Å². The molecule has 2 aromatic rings. The monoisotopic (exact) mass is 294 g/mol. The van der Waals surface area contributed by atoms with Gasteiger partial charge in [0.25, 0.3) is 0 Å². The molecule has 3 atom stereocenters. The second-order valence-electron chi connectivity index (χ2n) is 6.83. The summed E-state index contributed by atoms with van der Waals surface area (Å²) < 4.78 is 0.958. The Kier molecular flexibility index (Phi) is 2.97. The molecule has 2 heterocycles. The Morgan fingerprint density at radius 3 is 2.50 bits per heavy atom. The molecule has 0 saturated carbocycles. The molecule has 0 fully saturated rings. The van der Waals surface area contributed by atoms with Crippen molar-refractivity contribution in [1.29, 1.82) is 0 Å². The Morgan fingerprint density at radius 2 is 1.77 bits per heavy atom. The van der Waals surface area contributed by atoms with Crippen molar-refractivity contribution in [1.82, 2.24) is 0 Å². The Morgan fingerprint density at radius 1 is 1.09 bits per heavy atom. The van der Waals surface area contributed by atoms with E-state index in [4.69, 9.17) is 0 Å². The van der Waals surface area contributed by atoms with Crippen LogP contribution in [0.15, 0.2) is 48.5 Å². The molecule has 114 valence electrons. The molecule has 1 N–H and O–H groups in total. The fraction of sp³-hybridized carbons (Fsp3) is 0.400. The molecule has 0 unspecified atom stereocenters. The zero-order valence-corrected chi connectivity index (χ0v) is 13.4. The summed E-state index contributed by atoms with van der Waals surface area (Å²) >= 11 is 0. The van der Waals surface area contributed by atoms with Crippen LogP contribution in [0, 0.1) is 0 Å². The maximum absolute atomic E-state index is 9.80. The minimum Gasteiger partial charge on any atom is -0.391 e. The average Bonchev–Trinajstić information content (AvgIpc) is 2.69. The number of rotatable bonds is 3. The SMILES string of the molecule is CC[N@@+]1(CCO)[C@H]2Cc3ccccc3[C@]1(C)c1ccccc12. The number of aliphatic hydroxyl groups excluding tert-OH is 1. The first-order chi connectivity index (χ1) is 10.7. The first-order valence-corrected chi connectivity index (χ1v) is 8.34. The molecule has 22 heavy (non-hydrogen) atoms. The van der Waals surface area contributed by atoms with Gasteiger partial charge in [0.2, 0.25) is 0 Å². The quantitative estimate of drug-likeness (QED) is 0.860. The highest BCUT2D eigenvalue weighted by Crippen LogP contribution is 2.60. The van der Waals surface area contributed by atoms with Crippen molar-refractivity contribution in [3.8, 4) is 0 Å². The number of hydrogen-bond acceptors (Lipinski definition) is 1. The standard InChI is InChI=1S/C20H24NO/c1-3-21(12-13-22)19-14-15-8-4-6-10-17(15)20(21,2)18-11-7-5-9-16(18)19/h4-11,19,22H,3,12-14H2,1-2H3/q+1/t19-,20+,21+/m0/s1. The van der Waals surface area contributed by atoms with E-state index in [2.05, 4.69) is 62.4 Å². The third kappa shape index (κ3) is 1.42. The summed E-state index contributed by atoms with van der Waals surface area (Å²) in [7, 11) is 0. The van der Waals surface area contributed by atoms with Gasteiger partial charge < -0.3 is 9.59 Å². The van der Waals surface area contributed by atoms with E-state index in [-0.39, 0.29) is 12.1 Å². The first-order valence-electron chi connectivity index (χ1n) is 8.34. The highest BCUT2D eigenvalue weighted by atomic mass is 16.3. The van der Waals surface area contributed by atoms with Crippen molar-refractivity contribution in [2.75, 3.05) is 19.7 Å². The van der Waals surface area contributed by atoms with E-state index in [1.165, 1.54) is 22.3 Å². The minimum atomic E-state index is -0.0480. The Bertz CT molecular complexity index is 712. The van der Waals surface area contributed by atoms with Gasteiger partial charge in [-0.05, 0) is 19.4 Å². The summed E-state index contributed by atoms with van der Waals surface area (Å²) in [5.41, 5.74) is 5.82. The van der Waals surface area contributed by atoms with Gasteiger partial charge in [-0.1, -0.05) is 48.5 Å². The van der Waals surface area contributed by atoms with Crippen molar-refractivity contribution in [3.63, 3.8) is 0 Å². The van der Waals surface area contributed by atoms with Gasteiger partial charge in [-0.2, -0.15) is 0 Å². The van der Waals surface area contributed by atoms with E-state index < -0.39 is 0 Å². The fourth-order valence-electron chi connectivity index (χ4n) is 5.35. The van der Waals surface area contributed by atoms with E-state index in [0.29, 0.717) is 6.04 Å². The molecule has 2 bridgehead atoms. The van der Waals surface area contributed by atoms with Gasteiger partial charge >= 0.3 is 0 Å². The van der Waals surface area contributed by atoms with Crippen LogP contribution in [0.5, 0.6) is 0 Å². The van der Waals surface area contributed by atoms with E-state index in [1.54, 1.807) is 0 Å². The van der Waals surface area contributed by atoms with Gasteiger partial charge in [0, 0.05) is 23.1 Å². The minimum absolute atomic E-state index is 0.0480. The highest BCUT2D eigenvalue weighted by molar-refractivity contribution is 5.51. The molecule has 0 aromatic heterocycles. The van der Waals surface area contributed by atoms with Gasteiger partial charge in [0.15, 0.2) is 0 Å². The first kappa shape index (κ1) is 14.0. The lowest BCUT2D eigenvalue weighted by atomic mass is 9.78. The molecule has 2 aromatic carbocycles. The number of hydrogen-bond donors (Lipinski definition) is 1. The van der Waals surface area contributed by atoms with Crippen LogP contribution in [0.2, 0.25) is 0 Å². The van der Waals surface area contributed by atoms with Crippen molar-refractivity contribution in [3.05, 3.63) is 70.8 Å². The Balaban J connectivity index is 2.07. The van der Waals surface area contributed by atoms with Crippen molar-refractivity contribution in [2.45, 2.75) is 31.8 Å². The normalized spacial score (nSPS) is 31.7. The molecule has 0 aliphatic carbocycles. The number of likely N-dealkylation sites (N-methyl/N-ethyl adjacent to an activating group) is 1. The molecular weight excluding hydrogens is 270 g/mol. The number of fused-ring (bicyclic) bond motifs is 7. The highest BCUT2D eigenvalue weighted by Gasteiger charge is 2.63. The van der Waals surface area contributed by atoms with Gasteiger partial charge in [-0.3, -0.25) is 0 Å². The predicted octanol–water partition coefficient (Wildman–Crippen LogP) is 3.39. The zero-order valence-electron chi connectivity index (χ0n) is 13.4. The number of quaternary nitrogens is 1. The van der Waals surface area contributed by atoms with Gasteiger partial charge in [-0.25, -0.2) is 0 Å². The number of benzene rings is 2. The van der Waals surface area contributed by atoms with Crippen LogP contribution in [0.3, 0.4) is 0 Å². The number of aliphatic hydroxyl groups is 1. The molecule has 4 rings (SSSR count). The summed E-state index contributed by atoms with van der Waals surface area (Å²) in [4.78, 5) is 0. The second-order valence-corrected chi connectivity index (χ2v) is 6.83. The lowest BCUT2D eigenvalue weighted by Gasteiger charge is -2.54. The van der Waals surface area contributed by atoms with Gasteiger partial charge in [-0.15, -0.1) is 0 Å². The second kappa shape index (κ2) is 4.68. The molecule has 2 heteroatoms. The molecule has 0 radical (unpaired) electrons. The van der Waals surface area contributed by atoms with Crippen LogP contribution in [-0.4, -0.2) is 29.3 Å². The summed E-state index contributed by atoms with van der Waals surface area (Å²) in [6.45, 7) is 6.78. The molecule has 0 spiro atoms. The van der Waals surface area contributed by atoms with Gasteiger partial charge in [0.1, 0.15) is 18.1 Å². The van der Waals surface area contributed by atoms with Crippen molar-refractivity contribution < 1.29 is 9.59 Å². The van der Waals surface area contributed by atoms with E-state index in [9.17, 15) is 5.11 Å². The predicted molar refractivity (Wildman–Crippen MR) is 88.5 cm³/mol. The van der Waals surface area contributed by atoms with Crippen molar-refractivity contribution >= 4 is 0 Å². The maximum Gasteiger partial charge on any atom is 0.149 e. The third-order valence-electron chi connectivity index (χ3n) is 6.35. The lowest BCUT2D eigenvalue weighted by molar-refractivity contribution is -0.996. The molecule has 2 aliphatic heterocycles. The van der Waals surface area contributed by atoms with Crippen LogP contribution in [0.1, 0.15) is 42.1 Å². The molecular formula is C20H24NO+. The fourth-order valence-corrected chi connectivity index (χ4v) is 5.35. The van der Waals surface area contributed by atoms with Crippen molar-refractivity contribution in [2.24, 2.45) is 0 Å². The largest absolute Gasteiger partial charge is 0.391 e. The van der Waals surface area contributed by atoms with Crippen LogP contribution >= 0.6 is 0 Å². The third-order valence-corrected chi connectivity index (χ3v) is 6.35. The van der Waals surface area contributed by atoms with E-state index >= 15 is 0 Å². The van der Waals surface area contributed by atoms with E-state index in [0.717, 1.165) is 24.0 Å². The summed E-state index contributed by atoms with van der Waals surface area (Å²) in [5.74, 6) is 0. The maximum atomic E-state index is 9.80. The Hall–Kier alpha value is -1.64. The smallest absolute Gasteiger partial charge is 0.149 e. The number of nitrogens with zero attached hydrogens (tertiary/aromatic N) is 1. The lowest BCUT2D eigenvalue weighted by Crippen LogP contribution is -2.62. The van der Waals surface area contributed by atoms with Crippen LogP contribution in [0.4, 0.5) is 0 Å². The van der Waals surface area contributed by atoms with Crippen LogP contribution in [-0.2, 0) is 12.0 Å². The molecule has 2 aliphatic rings. The zero-order chi connectivity index (χ0) is 15.4. The van der Waals surface area contributed by atoms with Crippen LogP contribution in [0.25, 0.3) is 0 Å². The molecule has 0 saturated heterocycles.